The number of halogens is 2. The van der Waals surface area contributed by atoms with Gasteiger partial charge in [-0.2, -0.15) is 0 Å². The largest absolute Gasteiger partial charge is 0.465 e. The van der Waals surface area contributed by atoms with Crippen molar-refractivity contribution in [1.29, 1.82) is 0 Å². The Kier molecular flexibility index (Phi) is 4.95. The fourth-order valence-corrected chi connectivity index (χ4v) is 3.18. The summed E-state index contributed by atoms with van der Waals surface area (Å²) >= 11 is 6.24. The van der Waals surface area contributed by atoms with Gasteiger partial charge in [0.2, 0.25) is 0 Å². The van der Waals surface area contributed by atoms with Crippen LogP contribution in [0, 0.1) is 12.7 Å². The van der Waals surface area contributed by atoms with Crippen LogP contribution in [0.25, 0.3) is 11.3 Å². The smallest absolute Gasteiger partial charge is 0.412 e. The lowest BCUT2D eigenvalue weighted by Gasteiger charge is -2.27. The van der Waals surface area contributed by atoms with E-state index in [4.69, 9.17) is 16.1 Å². The van der Waals surface area contributed by atoms with Crippen LogP contribution in [-0.4, -0.2) is 16.4 Å². The summed E-state index contributed by atoms with van der Waals surface area (Å²) in [6.45, 7) is 3.33. The molecule has 0 fully saturated rings. The van der Waals surface area contributed by atoms with Crippen LogP contribution in [0.3, 0.4) is 0 Å². The molecule has 2 aromatic carbocycles. The van der Waals surface area contributed by atoms with E-state index in [0.717, 1.165) is 4.90 Å². The third-order valence-corrected chi connectivity index (χ3v) is 4.46. The Morgan fingerprint density at radius 1 is 1.27 bits per heavy atom. The van der Waals surface area contributed by atoms with Crippen LogP contribution >= 0.6 is 11.6 Å². The van der Waals surface area contributed by atoms with Gasteiger partial charge in [0, 0.05) is 10.6 Å². The zero-order valence-corrected chi connectivity index (χ0v) is 14.9. The third kappa shape index (κ3) is 3.28. The zero-order chi connectivity index (χ0) is 18.8. The van der Waals surface area contributed by atoms with Crippen molar-refractivity contribution in [1.82, 2.24) is 5.16 Å². The summed E-state index contributed by atoms with van der Waals surface area (Å²) in [5, 5.41) is 14.3. The molecule has 0 saturated heterocycles. The van der Waals surface area contributed by atoms with Gasteiger partial charge in [-0.1, -0.05) is 47.1 Å². The van der Waals surface area contributed by atoms with Gasteiger partial charge in [0.25, 0.3) is 0 Å². The minimum atomic E-state index is -1.19. The minimum absolute atomic E-state index is 0.253. The summed E-state index contributed by atoms with van der Waals surface area (Å²) in [7, 11) is 0. The molecule has 1 unspecified atom stereocenters. The molecule has 134 valence electrons. The number of aromatic nitrogens is 1. The first kappa shape index (κ1) is 17.9. The number of amides is 1. The normalized spacial score (nSPS) is 12.0. The quantitative estimate of drug-likeness (QED) is 0.637. The molecule has 3 aromatic rings. The highest BCUT2D eigenvalue weighted by Crippen LogP contribution is 2.39. The maximum absolute atomic E-state index is 13.6. The number of aryl methyl sites for hydroxylation is 1. The van der Waals surface area contributed by atoms with E-state index >= 15 is 0 Å². The maximum atomic E-state index is 13.6. The van der Waals surface area contributed by atoms with Gasteiger partial charge in [-0.05, 0) is 37.6 Å². The molecule has 1 atom stereocenters. The predicted molar refractivity (Wildman–Crippen MR) is 97.0 cm³/mol. The highest BCUT2D eigenvalue weighted by Gasteiger charge is 2.31. The second kappa shape index (κ2) is 7.17. The highest BCUT2D eigenvalue weighted by atomic mass is 35.5. The Morgan fingerprint density at radius 3 is 2.65 bits per heavy atom. The summed E-state index contributed by atoms with van der Waals surface area (Å²) in [4.78, 5) is 13.2. The standard InChI is InChI=1S/C19H16ClFN2O3/c1-11(15-8-3-4-9-16(15)20)23(19(24)25)18-12(2)26-22-17(18)13-6-5-7-14(21)10-13/h3-11H,1-2H3,(H,24,25). The van der Waals surface area contributed by atoms with Crippen molar-refractivity contribution in [2.24, 2.45) is 0 Å². The number of carboxylic acid groups (broad SMARTS) is 1. The summed E-state index contributed by atoms with van der Waals surface area (Å²) < 4.78 is 18.8. The SMILES string of the molecule is Cc1onc(-c2cccc(F)c2)c1N(C(=O)O)C(C)c1ccccc1Cl. The number of carbonyl (C=O) groups is 1. The van der Waals surface area contributed by atoms with Gasteiger partial charge in [-0.15, -0.1) is 0 Å². The van der Waals surface area contributed by atoms with Crippen LogP contribution in [0.5, 0.6) is 0 Å². The first-order valence-corrected chi connectivity index (χ1v) is 8.26. The fourth-order valence-electron chi connectivity index (χ4n) is 2.88. The third-order valence-electron chi connectivity index (χ3n) is 4.12. The molecule has 0 spiro atoms. The summed E-state index contributed by atoms with van der Waals surface area (Å²) in [5.74, 6) is -0.138. The Balaban J connectivity index is 2.14. The predicted octanol–water partition coefficient (Wildman–Crippen LogP) is 5.69. The molecular weight excluding hydrogens is 359 g/mol. The Bertz CT molecular complexity index is 957. The molecule has 0 aliphatic heterocycles. The minimum Gasteiger partial charge on any atom is -0.465 e. The van der Waals surface area contributed by atoms with Crippen molar-refractivity contribution in [2.45, 2.75) is 19.9 Å². The Hall–Kier alpha value is -2.86. The van der Waals surface area contributed by atoms with Crippen LogP contribution in [-0.2, 0) is 0 Å². The molecule has 7 heteroatoms. The number of anilines is 1. The molecule has 1 N–H and O–H groups in total. The van der Waals surface area contributed by atoms with Gasteiger partial charge in [-0.25, -0.2) is 9.18 Å². The molecule has 26 heavy (non-hydrogen) atoms. The van der Waals surface area contributed by atoms with Gasteiger partial charge in [0.05, 0.1) is 6.04 Å². The van der Waals surface area contributed by atoms with E-state index < -0.39 is 18.0 Å². The summed E-state index contributed by atoms with van der Waals surface area (Å²) in [6, 6.07) is 12.2. The molecule has 5 nitrogen and oxygen atoms in total. The number of hydrogen-bond acceptors (Lipinski definition) is 3. The molecule has 3 rings (SSSR count). The van der Waals surface area contributed by atoms with Crippen LogP contribution in [0.4, 0.5) is 14.9 Å². The van der Waals surface area contributed by atoms with Crippen molar-refractivity contribution in [3.8, 4) is 11.3 Å². The molecule has 1 heterocycles. The second-order valence-corrected chi connectivity index (χ2v) is 6.20. The number of hydrogen-bond donors (Lipinski definition) is 1. The fraction of sp³-hybridized carbons (Fsp3) is 0.158. The number of nitrogens with zero attached hydrogens (tertiary/aromatic N) is 2. The molecule has 0 aliphatic rings. The lowest BCUT2D eigenvalue weighted by atomic mass is 10.0. The van der Waals surface area contributed by atoms with Crippen molar-refractivity contribution in [2.75, 3.05) is 4.90 Å². The Morgan fingerprint density at radius 2 is 2.00 bits per heavy atom. The van der Waals surface area contributed by atoms with E-state index in [0.29, 0.717) is 21.9 Å². The second-order valence-electron chi connectivity index (χ2n) is 5.80. The average Bonchev–Trinajstić information content (AvgIpc) is 2.96. The van der Waals surface area contributed by atoms with Gasteiger partial charge >= 0.3 is 6.09 Å². The van der Waals surface area contributed by atoms with Gasteiger partial charge in [-0.3, -0.25) is 4.90 Å². The number of benzene rings is 2. The first-order chi connectivity index (χ1) is 12.4. The van der Waals surface area contributed by atoms with Crippen molar-refractivity contribution in [3.63, 3.8) is 0 Å². The molecule has 0 bridgehead atoms. The van der Waals surface area contributed by atoms with Crippen molar-refractivity contribution >= 4 is 23.4 Å². The lowest BCUT2D eigenvalue weighted by Crippen LogP contribution is -2.33. The summed E-state index contributed by atoms with van der Waals surface area (Å²) in [5.41, 5.74) is 1.58. The van der Waals surface area contributed by atoms with Crippen LogP contribution in [0.15, 0.2) is 53.1 Å². The van der Waals surface area contributed by atoms with E-state index in [1.54, 1.807) is 44.2 Å². The topological polar surface area (TPSA) is 66.6 Å². The average molecular weight is 375 g/mol. The molecule has 1 aromatic heterocycles. The van der Waals surface area contributed by atoms with Crippen molar-refractivity contribution < 1.29 is 18.8 Å². The molecular formula is C19H16ClFN2O3. The lowest BCUT2D eigenvalue weighted by molar-refractivity contribution is 0.199. The molecule has 0 saturated carbocycles. The Labute approximate surface area is 154 Å². The molecule has 1 amide bonds. The number of rotatable bonds is 4. The molecule has 0 radical (unpaired) electrons. The highest BCUT2D eigenvalue weighted by molar-refractivity contribution is 6.31. The van der Waals surface area contributed by atoms with Gasteiger partial charge < -0.3 is 9.63 Å². The summed E-state index contributed by atoms with van der Waals surface area (Å²) in [6.07, 6.45) is -1.19. The van der Waals surface area contributed by atoms with Crippen molar-refractivity contribution in [3.05, 3.63) is 70.7 Å². The molecule has 0 aliphatic carbocycles. The van der Waals surface area contributed by atoms with Gasteiger partial charge in [0.1, 0.15) is 17.2 Å². The first-order valence-electron chi connectivity index (χ1n) is 7.89. The van der Waals surface area contributed by atoms with E-state index in [1.807, 2.05) is 0 Å². The van der Waals surface area contributed by atoms with Crippen LogP contribution in [0.1, 0.15) is 24.3 Å². The van der Waals surface area contributed by atoms with E-state index in [9.17, 15) is 14.3 Å². The van der Waals surface area contributed by atoms with E-state index in [-0.39, 0.29) is 11.4 Å². The zero-order valence-electron chi connectivity index (χ0n) is 14.1. The maximum Gasteiger partial charge on any atom is 0.412 e. The van der Waals surface area contributed by atoms with Crippen LogP contribution < -0.4 is 4.90 Å². The van der Waals surface area contributed by atoms with Crippen LogP contribution in [0.2, 0.25) is 5.02 Å². The van der Waals surface area contributed by atoms with E-state index in [2.05, 4.69) is 5.16 Å². The van der Waals surface area contributed by atoms with Gasteiger partial charge in [0.15, 0.2) is 5.76 Å². The monoisotopic (exact) mass is 374 g/mol. The van der Waals surface area contributed by atoms with E-state index in [1.165, 1.54) is 18.2 Å².